The van der Waals surface area contributed by atoms with Crippen LogP contribution in [-0.4, -0.2) is 0 Å². The Labute approximate surface area is 119 Å². The minimum absolute atomic E-state index is 0.0388. The number of benzene rings is 2. The Bertz CT molecular complexity index is 639. The molecule has 0 saturated carbocycles. The normalized spacial score (nSPS) is 11.4. The quantitative estimate of drug-likeness (QED) is 0.767. The van der Waals surface area contributed by atoms with Gasteiger partial charge in [0.15, 0.2) is 0 Å². The monoisotopic (exact) mass is 300 g/mol. The van der Waals surface area contributed by atoms with E-state index in [1.54, 1.807) is 25.1 Å². The van der Waals surface area contributed by atoms with Crippen LogP contribution >= 0.6 is 11.6 Å². The van der Waals surface area contributed by atoms with Gasteiger partial charge in [-0.05, 0) is 48.9 Å². The highest BCUT2D eigenvalue weighted by atomic mass is 35.5. The molecule has 20 heavy (non-hydrogen) atoms. The van der Waals surface area contributed by atoms with E-state index < -0.39 is 11.7 Å². The summed E-state index contributed by atoms with van der Waals surface area (Å²) in [5.41, 5.74) is 6.64. The van der Waals surface area contributed by atoms with Crippen LogP contribution in [0.3, 0.4) is 0 Å². The Morgan fingerprint density at radius 1 is 1.05 bits per heavy atom. The summed E-state index contributed by atoms with van der Waals surface area (Å²) < 4.78 is 38.9. The van der Waals surface area contributed by atoms with Crippen LogP contribution in [0.2, 0.25) is 5.02 Å². The SMILES string of the molecule is Cc1cc(N)ccc1Nc1ccc(Cl)cc1C(F)(F)F. The van der Waals surface area contributed by atoms with Gasteiger partial charge in [-0.25, -0.2) is 0 Å². The lowest BCUT2D eigenvalue weighted by Gasteiger charge is -2.16. The molecule has 0 atom stereocenters. The maximum absolute atomic E-state index is 13.0. The highest BCUT2D eigenvalue weighted by Crippen LogP contribution is 2.38. The lowest BCUT2D eigenvalue weighted by molar-refractivity contribution is -0.136. The average Bonchev–Trinajstić information content (AvgIpc) is 2.33. The second-order valence-corrected chi connectivity index (χ2v) is 4.82. The van der Waals surface area contributed by atoms with Crippen LogP contribution < -0.4 is 11.1 Å². The standard InChI is InChI=1S/C14H12ClF3N2/c1-8-6-10(19)3-5-12(8)20-13-4-2-9(15)7-11(13)14(16,17)18/h2-7,20H,19H2,1H3. The fourth-order valence-electron chi connectivity index (χ4n) is 1.83. The first kappa shape index (κ1) is 14.5. The number of hydrogen-bond acceptors (Lipinski definition) is 2. The van der Waals surface area contributed by atoms with E-state index in [0.29, 0.717) is 11.4 Å². The highest BCUT2D eigenvalue weighted by molar-refractivity contribution is 6.30. The number of alkyl halides is 3. The first-order valence-corrected chi connectivity index (χ1v) is 6.15. The van der Waals surface area contributed by atoms with Crippen LogP contribution in [0.1, 0.15) is 11.1 Å². The van der Waals surface area contributed by atoms with Gasteiger partial charge in [0.2, 0.25) is 0 Å². The molecule has 106 valence electrons. The van der Waals surface area contributed by atoms with Gasteiger partial charge in [-0.3, -0.25) is 0 Å². The molecule has 0 saturated heterocycles. The van der Waals surface area contributed by atoms with Crippen LogP contribution in [0.5, 0.6) is 0 Å². The number of rotatable bonds is 2. The second kappa shape index (κ2) is 5.25. The number of anilines is 3. The molecule has 0 heterocycles. The number of aryl methyl sites for hydroxylation is 1. The maximum Gasteiger partial charge on any atom is 0.418 e. The molecule has 0 unspecified atom stereocenters. The summed E-state index contributed by atoms with van der Waals surface area (Å²) >= 11 is 5.63. The second-order valence-electron chi connectivity index (χ2n) is 4.39. The van der Waals surface area contributed by atoms with Gasteiger partial charge >= 0.3 is 6.18 Å². The molecule has 2 rings (SSSR count). The Kier molecular flexibility index (Phi) is 3.81. The maximum atomic E-state index is 13.0. The number of halogens is 4. The van der Waals surface area contributed by atoms with Gasteiger partial charge in [-0.2, -0.15) is 13.2 Å². The van der Waals surface area contributed by atoms with Crippen molar-refractivity contribution < 1.29 is 13.2 Å². The third kappa shape index (κ3) is 3.17. The highest BCUT2D eigenvalue weighted by Gasteiger charge is 2.33. The molecule has 0 bridgehead atoms. The topological polar surface area (TPSA) is 38.0 Å². The average molecular weight is 301 g/mol. The van der Waals surface area contributed by atoms with Crippen LogP contribution in [0.4, 0.5) is 30.2 Å². The van der Waals surface area contributed by atoms with E-state index in [2.05, 4.69) is 5.32 Å². The van der Waals surface area contributed by atoms with Gasteiger partial charge < -0.3 is 11.1 Å². The van der Waals surface area contributed by atoms with E-state index in [4.69, 9.17) is 17.3 Å². The van der Waals surface area contributed by atoms with Crippen molar-refractivity contribution in [1.29, 1.82) is 0 Å². The summed E-state index contributed by atoms with van der Waals surface area (Å²) in [6, 6.07) is 8.56. The molecule has 3 N–H and O–H groups in total. The van der Waals surface area contributed by atoms with Gasteiger partial charge in [0.1, 0.15) is 0 Å². The van der Waals surface area contributed by atoms with Crippen molar-refractivity contribution in [2.45, 2.75) is 13.1 Å². The number of hydrogen-bond donors (Lipinski definition) is 2. The first-order valence-electron chi connectivity index (χ1n) is 5.77. The molecule has 6 heteroatoms. The van der Waals surface area contributed by atoms with E-state index in [1.165, 1.54) is 12.1 Å². The van der Waals surface area contributed by atoms with Crippen molar-refractivity contribution in [3.63, 3.8) is 0 Å². The molecule has 2 aromatic rings. The van der Waals surface area contributed by atoms with Crippen LogP contribution in [0, 0.1) is 6.92 Å². The number of nitrogens with two attached hydrogens (primary N) is 1. The Morgan fingerprint density at radius 2 is 1.70 bits per heavy atom. The van der Waals surface area contributed by atoms with Crippen molar-refractivity contribution >= 4 is 28.7 Å². The molecule has 0 aromatic heterocycles. The Balaban J connectivity index is 2.43. The molecule has 0 amide bonds. The zero-order valence-electron chi connectivity index (χ0n) is 10.6. The predicted molar refractivity (Wildman–Crippen MR) is 75.3 cm³/mol. The Morgan fingerprint density at radius 3 is 2.30 bits per heavy atom. The number of nitrogens with one attached hydrogen (secondary N) is 1. The van der Waals surface area contributed by atoms with Crippen LogP contribution in [-0.2, 0) is 6.18 Å². The molecule has 2 nitrogen and oxygen atoms in total. The summed E-state index contributed by atoms with van der Waals surface area (Å²) in [6.45, 7) is 1.77. The van der Waals surface area contributed by atoms with E-state index in [1.807, 2.05) is 0 Å². The molecular formula is C14H12ClF3N2. The van der Waals surface area contributed by atoms with E-state index in [-0.39, 0.29) is 10.7 Å². The summed E-state index contributed by atoms with van der Waals surface area (Å²) in [4.78, 5) is 0. The third-order valence-electron chi connectivity index (χ3n) is 2.81. The lowest BCUT2D eigenvalue weighted by atomic mass is 10.1. The molecule has 0 aliphatic carbocycles. The van der Waals surface area contributed by atoms with Crippen molar-refractivity contribution in [1.82, 2.24) is 0 Å². The van der Waals surface area contributed by atoms with Gasteiger partial charge in [-0.15, -0.1) is 0 Å². The molecule has 0 aliphatic heterocycles. The van der Waals surface area contributed by atoms with Gasteiger partial charge in [0.05, 0.1) is 11.3 Å². The Hall–Kier alpha value is -1.88. The van der Waals surface area contributed by atoms with Crippen molar-refractivity contribution in [3.8, 4) is 0 Å². The summed E-state index contributed by atoms with van der Waals surface area (Å²) in [5, 5.41) is 2.81. The lowest BCUT2D eigenvalue weighted by Crippen LogP contribution is -2.09. The van der Waals surface area contributed by atoms with E-state index >= 15 is 0 Å². The fraction of sp³-hybridized carbons (Fsp3) is 0.143. The van der Waals surface area contributed by atoms with Crippen LogP contribution in [0.25, 0.3) is 0 Å². The molecule has 0 fully saturated rings. The summed E-state index contributed by atoms with van der Waals surface area (Å²) in [5.74, 6) is 0. The zero-order valence-corrected chi connectivity index (χ0v) is 11.3. The molecular weight excluding hydrogens is 289 g/mol. The predicted octanol–water partition coefficient (Wildman–Crippen LogP) is 4.99. The van der Waals surface area contributed by atoms with Gasteiger partial charge in [0, 0.05) is 16.4 Å². The molecule has 0 radical (unpaired) electrons. The summed E-state index contributed by atoms with van der Waals surface area (Å²) in [6.07, 6.45) is -4.48. The first-order chi connectivity index (χ1) is 9.27. The van der Waals surface area contributed by atoms with Crippen molar-refractivity contribution in [3.05, 3.63) is 52.5 Å². The van der Waals surface area contributed by atoms with E-state index in [0.717, 1.165) is 11.6 Å². The van der Waals surface area contributed by atoms with Crippen molar-refractivity contribution in [2.24, 2.45) is 0 Å². The minimum atomic E-state index is -4.48. The molecule has 0 spiro atoms. The largest absolute Gasteiger partial charge is 0.418 e. The molecule has 2 aromatic carbocycles. The summed E-state index contributed by atoms with van der Waals surface area (Å²) in [7, 11) is 0. The molecule has 0 aliphatic rings. The smallest absolute Gasteiger partial charge is 0.399 e. The zero-order chi connectivity index (χ0) is 14.9. The number of nitrogen functional groups attached to an aromatic ring is 1. The van der Waals surface area contributed by atoms with Gasteiger partial charge in [0.25, 0.3) is 0 Å². The van der Waals surface area contributed by atoms with Crippen molar-refractivity contribution in [2.75, 3.05) is 11.1 Å². The van der Waals surface area contributed by atoms with E-state index in [9.17, 15) is 13.2 Å². The van der Waals surface area contributed by atoms with Crippen LogP contribution in [0.15, 0.2) is 36.4 Å². The third-order valence-corrected chi connectivity index (χ3v) is 3.04. The fourth-order valence-corrected chi connectivity index (χ4v) is 2.00. The minimum Gasteiger partial charge on any atom is -0.399 e. The van der Waals surface area contributed by atoms with Gasteiger partial charge in [-0.1, -0.05) is 11.6 Å².